The third-order valence-electron chi connectivity index (χ3n) is 6.14. The average molecular weight is 370 g/mol. The van der Waals surface area contributed by atoms with Crippen molar-refractivity contribution in [3.63, 3.8) is 0 Å². The van der Waals surface area contributed by atoms with E-state index in [9.17, 15) is 4.79 Å². The van der Waals surface area contributed by atoms with Crippen molar-refractivity contribution in [1.82, 2.24) is 4.90 Å². The molecule has 0 aliphatic carbocycles. The lowest BCUT2D eigenvalue weighted by Crippen LogP contribution is -2.49. The number of hydrogen-bond donors (Lipinski definition) is 0. The van der Waals surface area contributed by atoms with E-state index in [4.69, 9.17) is 16.3 Å². The lowest BCUT2D eigenvalue weighted by molar-refractivity contribution is -0.143. The van der Waals surface area contributed by atoms with Crippen molar-refractivity contribution in [3.05, 3.63) is 64.7 Å². The third kappa shape index (κ3) is 3.15. The van der Waals surface area contributed by atoms with Crippen LogP contribution in [0.4, 0.5) is 0 Å². The van der Waals surface area contributed by atoms with Gasteiger partial charge in [-0.3, -0.25) is 9.69 Å². The van der Waals surface area contributed by atoms with Crippen molar-refractivity contribution in [1.29, 1.82) is 0 Å². The summed E-state index contributed by atoms with van der Waals surface area (Å²) in [5.41, 5.74) is 2.17. The first-order valence-corrected chi connectivity index (χ1v) is 9.67. The number of carbonyl (C=O) groups excluding carboxylic acids is 1. The molecule has 0 aromatic heterocycles. The van der Waals surface area contributed by atoms with E-state index in [1.54, 1.807) is 0 Å². The number of carbonyl (C=O) groups is 1. The van der Waals surface area contributed by atoms with Crippen LogP contribution in [0.2, 0.25) is 5.02 Å². The lowest BCUT2D eigenvalue weighted by atomic mass is 9.76. The summed E-state index contributed by atoms with van der Waals surface area (Å²) >= 11 is 6.07. The number of fused-ring (bicyclic) bond motifs is 2. The minimum Gasteiger partial charge on any atom is -0.426 e. The maximum Gasteiger partial charge on any atom is 0.316 e. The van der Waals surface area contributed by atoms with Crippen molar-refractivity contribution in [2.75, 3.05) is 7.05 Å². The number of ether oxygens (including phenoxy) is 1. The van der Waals surface area contributed by atoms with E-state index in [2.05, 4.69) is 24.1 Å². The summed E-state index contributed by atoms with van der Waals surface area (Å²) in [6.45, 7) is 1.97. The van der Waals surface area contributed by atoms with Crippen LogP contribution in [-0.2, 0) is 4.79 Å². The number of hydrogen-bond acceptors (Lipinski definition) is 3. The minimum atomic E-state index is -0.153. The molecule has 4 heteroatoms. The summed E-state index contributed by atoms with van der Waals surface area (Å²) in [6.07, 6.45) is 3.19. The van der Waals surface area contributed by atoms with Crippen LogP contribution in [-0.4, -0.2) is 30.0 Å². The zero-order valence-corrected chi connectivity index (χ0v) is 15.9. The Hall–Kier alpha value is -1.84. The molecule has 0 saturated carbocycles. The summed E-state index contributed by atoms with van der Waals surface area (Å²) in [4.78, 5) is 15.6. The smallest absolute Gasteiger partial charge is 0.316 e. The molecule has 136 valence electrons. The molecular weight excluding hydrogens is 346 g/mol. The predicted octanol–water partition coefficient (Wildman–Crippen LogP) is 4.82. The number of esters is 1. The first-order chi connectivity index (χ1) is 12.5. The monoisotopic (exact) mass is 369 g/mol. The highest BCUT2D eigenvalue weighted by Crippen LogP contribution is 2.46. The van der Waals surface area contributed by atoms with Crippen LogP contribution in [0, 0.1) is 12.8 Å². The van der Waals surface area contributed by atoms with Gasteiger partial charge in [0.05, 0.1) is 5.92 Å². The molecule has 3 nitrogen and oxygen atoms in total. The van der Waals surface area contributed by atoms with Crippen LogP contribution in [0.1, 0.15) is 36.3 Å². The zero-order chi connectivity index (χ0) is 18.3. The number of benzene rings is 2. The first kappa shape index (κ1) is 17.6. The second-order valence-electron chi connectivity index (χ2n) is 7.57. The zero-order valence-electron chi connectivity index (χ0n) is 15.2. The Morgan fingerprint density at radius 3 is 2.58 bits per heavy atom. The van der Waals surface area contributed by atoms with Crippen LogP contribution < -0.4 is 4.74 Å². The molecule has 0 N–H and O–H groups in total. The highest BCUT2D eigenvalue weighted by atomic mass is 35.5. The van der Waals surface area contributed by atoms with Crippen molar-refractivity contribution in [2.45, 2.75) is 44.2 Å². The lowest BCUT2D eigenvalue weighted by Gasteiger charge is -2.42. The molecule has 0 unspecified atom stereocenters. The first-order valence-electron chi connectivity index (χ1n) is 9.29. The van der Waals surface area contributed by atoms with Gasteiger partial charge in [0.1, 0.15) is 5.75 Å². The van der Waals surface area contributed by atoms with Gasteiger partial charge in [0.15, 0.2) is 0 Å². The summed E-state index contributed by atoms with van der Waals surface area (Å²) in [5.74, 6) is 0.573. The molecule has 4 rings (SSSR count). The SMILES string of the molecule is Cc1ccccc1OC(=O)[C@H]1[C@@H](c2ccc(Cl)cc2)C[C@@H]2CC[C@H]1N2C. The van der Waals surface area contributed by atoms with Gasteiger partial charge in [-0.15, -0.1) is 0 Å². The largest absolute Gasteiger partial charge is 0.426 e. The summed E-state index contributed by atoms with van der Waals surface area (Å²) in [5, 5.41) is 0.726. The maximum absolute atomic E-state index is 13.2. The van der Waals surface area contributed by atoms with Gasteiger partial charge in [-0.05, 0) is 62.6 Å². The molecule has 2 aromatic carbocycles. The number of nitrogens with zero attached hydrogens (tertiary/aromatic N) is 1. The number of piperidine rings is 1. The van der Waals surface area contributed by atoms with Gasteiger partial charge in [-0.2, -0.15) is 0 Å². The van der Waals surface area contributed by atoms with Gasteiger partial charge in [-0.1, -0.05) is 41.9 Å². The van der Waals surface area contributed by atoms with Gasteiger partial charge >= 0.3 is 5.97 Å². The second kappa shape index (κ2) is 7.05. The summed E-state index contributed by atoms with van der Waals surface area (Å²) < 4.78 is 5.87. The summed E-state index contributed by atoms with van der Waals surface area (Å²) in [7, 11) is 2.15. The Balaban J connectivity index is 1.65. The van der Waals surface area contributed by atoms with Crippen molar-refractivity contribution >= 4 is 17.6 Å². The van der Waals surface area contributed by atoms with Gasteiger partial charge in [0.25, 0.3) is 0 Å². The van der Waals surface area contributed by atoms with E-state index >= 15 is 0 Å². The Bertz CT molecular complexity index is 804. The molecule has 2 aliphatic rings. The molecule has 26 heavy (non-hydrogen) atoms. The van der Waals surface area contributed by atoms with Crippen molar-refractivity contribution in [3.8, 4) is 5.75 Å². The number of para-hydroxylation sites is 1. The van der Waals surface area contributed by atoms with Crippen LogP contribution in [0.3, 0.4) is 0 Å². The van der Waals surface area contributed by atoms with Crippen LogP contribution in [0.25, 0.3) is 0 Å². The Morgan fingerprint density at radius 2 is 1.85 bits per heavy atom. The quantitative estimate of drug-likeness (QED) is 0.573. The van der Waals surface area contributed by atoms with Gasteiger partial charge < -0.3 is 4.74 Å². The fourth-order valence-corrected chi connectivity index (χ4v) is 4.81. The molecule has 2 aromatic rings. The van der Waals surface area contributed by atoms with E-state index in [1.165, 1.54) is 5.56 Å². The Labute approximate surface area is 159 Å². The van der Waals surface area contributed by atoms with E-state index in [0.29, 0.717) is 11.8 Å². The van der Waals surface area contributed by atoms with Crippen LogP contribution in [0.15, 0.2) is 48.5 Å². The fraction of sp³-hybridized carbons (Fsp3) is 0.409. The van der Waals surface area contributed by atoms with Gasteiger partial charge in [-0.25, -0.2) is 0 Å². The van der Waals surface area contributed by atoms with E-state index in [0.717, 1.165) is 29.8 Å². The van der Waals surface area contributed by atoms with Crippen molar-refractivity contribution < 1.29 is 9.53 Å². The number of halogens is 1. The molecule has 2 bridgehead atoms. The minimum absolute atomic E-state index is 0.114. The molecule has 2 saturated heterocycles. The van der Waals surface area contributed by atoms with Gasteiger partial charge in [0.2, 0.25) is 0 Å². The topological polar surface area (TPSA) is 29.5 Å². The third-order valence-corrected chi connectivity index (χ3v) is 6.40. The average Bonchev–Trinajstić information content (AvgIpc) is 2.87. The highest BCUT2D eigenvalue weighted by Gasteiger charge is 2.49. The normalized spacial score (nSPS) is 28.1. The standard InChI is InChI=1S/C22H24ClNO2/c1-14-5-3-4-6-20(14)26-22(25)21-18(15-7-9-16(23)10-8-15)13-17-11-12-19(21)24(17)2/h3-10,17-19,21H,11-13H2,1-2H3/t17-,18+,19+,21-/m0/s1. The second-order valence-corrected chi connectivity index (χ2v) is 8.01. The maximum atomic E-state index is 13.2. The molecule has 0 amide bonds. The van der Waals surface area contributed by atoms with E-state index in [-0.39, 0.29) is 23.8 Å². The molecule has 2 aliphatic heterocycles. The molecule has 0 spiro atoms. The summed E-state index contributed by atoms with van der Waals surface area (Å²) in [6, 6.07) is 16.4. The van der Waals surface area contributed by atoms with E-state index in [1.807, 2.05) is 43.3 Å². The Morgan fingerprint density at radius 1 is 1.12 bits per heavy atom. The molecule has 2 fully saturated rings. The number of aryl methyl sites for hydroxylation is 1. The fourth-order valence-electron chi connectivity index (χ4n) is 4.69. The van der Waals surface area contributed by atoms with Crippen LogP contribution >= 0.6 is 11.6 Å². The number of rotatable bonds is 3. The predicted molar refractivity (Wildman–Crippen MR) is 104 cm³/mol. The molecular formula is C22H24ClNO2. The van der Waals surface area contributed by atoms with Crippen molar-refractivity contribution in [2.24, 2.45) is 5.92 Å². The molecule has 2 heterocycles. The van der Waals surface area contributed by atoms with E-state index < -0.39 is 0 Å². The molecule has 4 atom stereocenters. The van der Waals surface area contributed by atoms with Gasteiger partial charge in [0, 0.05) is 23.0 Å². The molecule has 0 radical (unpaired) electrons. The Kier molecular flexibility index (Phi) is 4.76. The van der Waals surface area contributed by atoms with Crippen LogP contribution in [0.5, 0.6) is 5.75 Å². The highest BCUT2D eigenvalue weighted by molar-refractivity contribution is 6.30.